The highest BCUT2D eigenvalue weighted by atomic mass is 32.2. The number of aryl methyl sites for hydroxylation is 2. The van der Waals surface area contributed by atoms with Crippen molar-refractivity contribution < 1.29 is 17.6 Å². The van der Waals surface area contributed by atoms with E-state index in [1.165, 1.54) is 12.1 Å². The summed E-state index contributed by atoms with van der Waals surface area (Å²) in [7, 11) is -3.70. The van der Waals surface area contributed by atoms with Crippen molar-refractivity contribution in [3.8, 4) is 0 Å². The van der Waals surface area contributed by atoms with E-state index in [1.54, 1.807) is 0 Å². The minimum absolute atomic E-state index is 0.0268. The van der Waals surface area contributed by atoms with Gasteiger partial charge in [-0.25, -0.2) is 12.8 Å². The van der Waals surface area contributed by atoms with Crippen molar-refractivity contribution in [2.45, 2.75) is 25.3 Å². The van der Waals surface area contributed by atoms with Gasteiger partial charge in [0.05, 0.1) is 11.4 Å². The molecular formula is C17H17FN4O3S2. The number of halogens is 1. The highest BCUT2D eigenvalue weighted by Crippen LogP contribution is 2.34. The normalized spacial score (nSPS) is 11.7. The fourth-order valence-corrected chi connectivity index (χ4v) is 4.42. The monoisotopic (exact) mass is 408 g/mol. The molecule has 27 heavy (non-hydrogen) atoms. The van der Waals surface area contributed by atoms with E-state index in [4.69, 9.17) is 5.73 Å². The van der Waals surface area contributed by atoms with Crippen molar-refractivity contribution in [1.29, 1.82) is 0 Å². The molecule has 0 aliphatic rings. The Labute approximate surface area is 159 Å². The number of benzene rings is 1. The second-order valence-electron chi connectivity index (χ2n) is 6.16. The van der Waals surface area contributed by atoms with Crippen LogP contribution in [-0.2, 0) is 16.4 Å². The first-order valence-electron chi connectivity index (χ1n) is 7.88. The summed E-state index contributed by atoms with van der Waals surface area (Å²) in [5, 5.41) is 11.5. The second kappa shape index (κ2) is 6.86. The van der Waals surface area contributed by atoms with Crippen molar-refractivity contribution in [2.24, 2.45) is 0 Å². The lowest BCUT2D eigenvalue weighted by atomic mass is 10.1. The summed E-state index contributed by atoms with van der Waals surface area (Å²) < 4.78 is 36.9. The number of carbonyl (C=O) groups excluding carboxylic acids is 1. The molecule has 0 saturated heterocycles. The van der Waals surface area contributed by atoms with Gasteiger partial charge in [-0.15, -0.1) is 16.4 Å². The molecule has 0 saturated carbocycles. The third kappa shape index (κ3) is 3.62. The third-order valence-corrected chi connectivity index (χ3v) is 6.39. The Kier molecular flexibility index (Phi) is 4.87. The van der Waals surface area contributed by atoms with Gasteiger partial charge in [-0.1, -0.05) is 6.07 Å². The predicted molar refractivity (Wildman–Crippen MR) is 102 cm³/mol. The number of aromatic nitrogens is 2. The number of carbonyl (C=O) groups is 1. The fraction of sp³-hybridized carbons (Fsp3) is 0.235. The van der Waals surface area contributed by atoms with Gasteiger partial charge in [0, 0.05) is 18.2 Å². The van der Waals surface area contributed by atoms with Crippen LogP contribution in [0.3, 0.4) is 0 Å². The Bertz CT molecular complexity index is 1170. The van der Waals surface area contributed by atoms with Crippen LogP contribution in [-0.4, -0.2) is 30.8 Å². The maximum Gasteiger partial charge on any atom is 0.263 e. The number of hydrogen-bond donors (Lipinski definition) is 2. The van der Waals surface area contributed by atoms with E-state index in [0.717, 1.165) is 34.9 Å². The fourth-order valence-electron chi connectivity index (χ4n) is 2.61. The quantitative estimate of drug-likeness (QED) is 0.685. The van der Waals surface area contributed by atoms with Gasteiger partial charge >= 0.3 is 0 Å². The number of nitrogens with one attached hydrogen (secondary N) is 1. The number of nitrogens with zero attached hydrogens (tertiary/aromatic N) is 2. The zero-order valence-electron chi connectivity index (χ0n) is 14.8. The van der Waals surface area contributed by atoms with Gasteiger partial charge < -0.3 is 11.1 Å². The molecule has 0 spiro atoms. The number of rotatable bonds is 4. The molecule has 1 aromatic carbocycles. The van der Waals surface area contributed by atoms with Crippen LogP contribution in [0.25, 0.3) is 10.2 Å². The Morgan fingerprint density at radius 2 is 2.00 bits per heavy atom. The lowest BCUT2D eigenvalue weighted by Crippen LogP contribution is -2.22. The molecular weight excluding hydrogens is 391 g/mol. The van der Waals surface area contributed by atoms with Crippen molar-refractivity contribution in [3.05, 3.63) is 45.7 Å². The van der Waals surface area contributed by atoms with E-state index >= 15 is 0 Å². The number of fused-ring (bicyclic) bond motifs is 1. The Hall–Kier alpha value is -2.59. The first-order valence-corrected chi connectivity index (χ1v) is 10.6. The summed E-state index contributed by atoms with van der Waals surface area (Å²) in [6, 6.07) is 3.68. The van der Waals surface area contributed by atoms with Crippen LogP contribution < -0.4 is 11.1 Å². The summed E-state index contributed by atoms with van der Waals surface area (Å²) in [5.41, 5.74) is 8.52. The standard InChI is InChI=1S/C17H17FN4O3S2/c1-8-9(2)21-22-17-13(8)14(19)15(26-17)16(23)20-7-10-4-5-11(18)12(6-10)27(3,24)25/h4-6H,7,19H2,1-3H3,(H,20,23). The van der Waals surface area contributed by atoms with Gasteiger partial charge in [-0.3, -0.25) is 4.79 Å². The number of nitrogen functional groups attached to an aromatic ring is 1. The molecule has 3 rings (SSSR count). The van der Waals surface area contributed by atoms with Crippen LogP contribution in [0.1, 0.15) is 26.5 Å². The van der Waals surface area contributed by atoms with Crippen LogP contribution >= 0.6 is 11.3 Å². The molecule has 10 heteroatoms. The molecule has 2 aromatic heterocycles. The lowest BCUT2D eigenvalue weighted by molar-refractivity contribution is 0.0956. The average molecular weight is 408 g/mol. The molecule has 142 valence electrons. The summed E-state index contributed by atoms with van der Waals surface area (Å²) in [4.78, 5) is 13.0. The van der Waals surface area contributed by atoms with Crippen molar-refractivity contribution >= 4 is 43.0 Å². The third-order valence-electron chi connectivity index (χ3n) is 4.19. The topological polar surface area (TPSA) is 115 Å². The van der Waals surface area contributed by atoms with Crippen LogP contribution in [0.2, 0.25) is 0 Å². The number of thiophene rings is 1. The summed E-state index contributed by atoms with van der Waals surface area (Å²) in [6.45, 7) is 3.70. The number of anilines is 1. The van der Waals surface area contributed by atoms with Crippen LogP contribution in [0.5, 0.6) is 0 Å². The molecule has 2 heterocycles. The molecule has 0 radical (unpaired) electrons. The zero-order chi connectivity index (χ0) is 19.9. The first-order chi connectivity index (χ1) is 12.6. The number of sulfone groups is 1. The SMILES string of the molecule is Cc1nnc2sc(C(=O)NCc3ccc(F)c(S(C)(=O)=O)c3)c(N)c2c1C. The smallest absolute Gasteiger partial charge is 0.263 e. The Morgan fingerprint density at radius 1 is 1.30 bits per heavy atom. The molecule has 0 fully saturated rings. The number of amides is 1. The minimum atomic E-state index is -3.70. The van der Waals surface area contributed by atoms with Crippen molar-refractivity contribution in [3.63, 3.8) is 0 Å². The van der Waals surface area contributed by atoms with E-state index in [0.29, 0.717) is 26.3 Å². The Balaban J connectivity index is 1.86. The van der Waals surface area contributed by atoms with Gasteiger partial charge in [0.1, 0.15) is 20.4 Å². The average Bonchev–Trinajstić information content (AvgIpc) is 2.93. The number of hydrogen-bond acceptors (Lipinski definition) is 7. The molecule has 1 amide bonds. The molecule has 3 aromatic rings. The van der Waals surface area contributed by atoms with Gasteiger partial charge in [0.2, 0.25) is 0 Å². The summed E-state index contributed by atoms with van der Waals surface area (Å²) >= 11 is 1.13. The molecule has 0 unspecified atom stereocenters. The molecule has 0 atom stereocenters. The minimum Gasteiger partial charge on any atom is -0.397 e. The summed E-state index contributed by atoms with van der Waals surface area (Å²) in [6.07, 6.45) is 0.928. The maximum absolute atomic E-state index is 13.7. The molecule has 7 nitrogen and oxygen atoms in total. The van der Waals surface area contributed by atoms with Crippen LogP contribution in [0, 0.1) is 19.7 Å². The predicted octanol–water partition coefficient (Wildman–Crippen LogP) is 2.36. The van der Waals surface area contributed by atoms with E-state index in [-0.39, 0.29) is 6.54 Å². The second-order valence-corrected chi connectivity index (χ2v) is 9.14. The highest BCUT2D eigenvalue weighted by molar-refractivity contribution is 7.90. The lowest BCUT2D eigenvalue weighted by Gasteiger charge is -2.07. The molecule has 3 N–H and O–H groups in total. The van der Waals surface area contributed by atoms with Gasteiger partial charge in [-0.2, -0.15) is 5.10 Å². The van der Waals surface area contributed by atoms with Crippen molar-refractivity contribution in [1.82, 2.24) is 15.5 Å². The molecule has 0 aliphatic carbocycles. The number of nitrogens with two attached hydrogens (primary N) is 1. The van der Waals surface area contributed by atoms with E-state index < -0.39 is 26.5 Å². The van der Waals surface area contributed by atoms with E-state index in [1.807, 2.05) is 13.8 Å². The highest BCUT2D eigenvalue weighted by Gasteiger charge is 2.20. The molecule has 0 bridgehead atoms. The Morgan fingerprint density at radius 3 is 2.67 bits per heavy atom. The van der Waals surface area contributed by atoms with Gasteiger partial charge in [0.15, 0.2) is 9.84 Å². The van der Waals surface area contributed by atoms with E-state index in [2.05, 4.69) is 15.5 Å². The van der Waals surface area contributed by atoms with Gasteiger partial charge in [-0.05, 0) is 37.1 Å². The van der Waals surface area contributed by atoms with Crippen LogP contribution in [0.15, 0.2) is 23.1 Å². The van der Waals surface area contributed by atoms with Crippen LogP contribution in [0.4, 0.5) is 10.1 Å². The maximum atomic E-state index is 13.7. The largest absolute Gasteiger partial charge is 0.397 e. The van der Waals surface area contributed by atoms with Gasteiger partial charge in [0.25, 0.3) is 5.91 Å². The van der Waals surface area contributed by atoms with E-state index in [9.17, 15) is 17.6 Å². The summed E-state index contributed by atoms with van der Waals surface area (Å²) in [5.74, 6) is -1.25. The molecule has 0 aliphatic heterocycles. The van der Waals surface area contributed by atoms with Crippen molar-refractivity contribution in [2.75, 3.05) is 12.0 Å². The first kappa shape index (κ1) is 19.2. The zero-order valence-corrected chi connectivity index (χ0v) is 16.5.